The molecule has 0 bridgehead atoms. The third-order valence-corrected chi connectivity index (χ3v) is 2.74. The van der Waals surface area contributed by atoms with Crippen LogP contribution in [0.2, 0.25) is 0 Å². The highest BCUT2D eigenvalue weighted by atomic mass is 79.9. The van der Waals surface area contributed by atoms with Crippen LogP contribution in [-0.2, 0) is 4.79 Å². The molecule has 3 nitrogen and oxygen atoms in total. The van der Waals surface area contributed by atoms with Crippen LogP contribution >= 0.6 is 15.9 Å². The van der Waals surface area contributed by atoms with Crippen LogP contribution in [0.1, 0.15) is 5.56 Å². The van der Waals surface area contributed by atoms with Crippen molar-refractivity contribution >= 4 is 33.7 Å². The van der Waals surface area contributed by atoms with Crippen molar-refractivity contribution in [2.24, 2.45) is 0 Å². The number of nitrogens with one attached hydrogen (secondary N) is 1. The quantitative estimate of drug-likeness (QED) is 0.882. The van der Waals surface area contributed by atoms with Gasteiger partial charge >= 0.3 is 0 Å². The maximum Gasteiger partial charge on any atom is 0.249 e. The molecule has 2 aromatic rings. The fourth-order valence-corrected chi connectivity index (χ4v) is 1.61. The van der Waals surface area contributed by atoms with Crippen LogP contribution in [0.25, 0.3) is 6.08 Å². The molecule has 1 amide bonds. The Morgan fingerprint density at radius 3 is 2.61 bits per heavy atom. The second kappa shape index (κ2) is 6.12. The Labute approximate surface area is 114 Å². The molecule has 0 aliphatic heterocycles. The minimum Gasteiger partial charge on any atom is -0.307 e. The Morgan fingerprint density at radius 2 is 1.94 bits per heavy atom. The lowest BCUT2D eigenvalue weighted by Gasteiger charge is -1.99. The van der Waals surface area contributed by atoms with E-state index in [2.05, 4.69) is 26.2 Å². The number of nitrogens with zero attached hydrogens (tertiary/aromatic N) is 1. The van der Waals surface area contributed by atoms with Gasteiger partial charge in [-0.25, -0.2) is 4.98 Å². The lowest BCUT2D eigenvalue weighted by atomic mass is 10.2. The molecule has 90 valence electrons. The maximum absolute atomic E-state index is 11.6. The number of benzene rings is 1. The highest BCUT2D eigenvalue weighted by Gasteiger charge is 1.97. The fraction of sp³-hybridized carbons (Fsp3) is 0. The Morgan fingerprint density at radius 1 is 1.17 bits per heavy atom. The van der Waals surface area contributed by atoms with Crippen molar-refractivity contribution in [3.63, 3.8) is 0 Å². The molecule has 0 atom stereocenters. The molecule has 2 rings (SSSR count). The van der Waals surface area contributed by atoms with Gasteiger partial charge in [0.2, 0.25) is 5.91 Å². The van der Waals surface area contributed by atoms with Gasteiger partial charge in [-0.05, 0) is 35.9 Å². The van der Waals surface area contributed by atoms with Crippen molar-refractivity contribution in [1.82, 2.24) is 4.98 Å². The van der Waals surface area contributed by atoms with E-state index in [4.69, 9.17) is 0 Å². The molecule has 1 aromatic carbocycles. The molecule has 1 aromatic heterocycles. The Bertz CT molecular complexity index is 550. The molecule has 0 aliphatic carbocycles. The van der Waals surface area contributed by atoms with E-state index in [0.717, 1.165) is 10.0 Å². The highest BCUT2D eigenvalue weighted by Crippen LogP contribution is 2.11. The van der Waals surface area contributed by atoms with Gasteiger partial charge in [-0.15, -0.1) is 0 Å². The standard InChI is InChI=1S/C14H11BrN2O/c15-12-7-4-11(5-8-12)6-9-14(18)17-13-3-1-2-10-16-13/h1-10H,(H,16,17,18). The SMILES string of the molecule is O=C(C=Cc1ccc(Br)cc1)Nc1ccccn1. The second-order valence-corrected chi connectivity index (χ2v) is 4.50. The average Bonchev–Trinajstić information content (AvgIpc) is 2.39. The number of aromatic nitrogens is 1. The van der Waals surface area contributed by atoms with Gasteiger partial charge in [-0.3, -0.25) is 4.79 Å². The van der Waals surface area contributed by atoms with Gasteiger partial charge in [-0.2, -0.15) is 0 Å². The van der Waals surface area contributed by atoms with Crippen LogP contribution < -0.4 is 5.32 Å². The van der Waals surface area contributed by atoms with Crippen LogP contribution in [-0.4, -0.2) is 10.9 Å². The summed E-state index contributed by atoms with van der Waals surface area (Å²) in [6.45, 7) is 0. The predicted octanol–water partition coefficient (Wildman–Crippen LogP) is 3.50. The van der Waals surface area contributed by atoms with Crippen LogP contribution in [0, 0.1) is 0 Å². The van der Waals surface area contributed by atoms with Gasteiger partial charge in [-0.1, -0.05) is 34.1 Å². The first kappa shape index (κ1) is 12.5. The van der Waals surface area contributed by atoms with Gasteiger partial charge in [0, 0.05) is 16.7 Å². The van der Waals surface area contributed by atoms with Gasteiger partial charge in [0.25, 0.3) is 0 Å². The molecule has 0 unspecified atom stereocenters. The van der Waals surface area contributed by atoms with Crippen molar-refractivity contribution in [3.8, 4) is 0 Å². The van der Waals surface area contributed by atoms with E-state index < -0.39 is 0 Å². The molecule has 0 fully saturated rings. The number of hydrogen-bond donors (Lipinski definition) is 1. The smallest absolute Gasteiger partial charge is 0.249 e. The summed E-state index contributed by atoms with van der Waals surface area (Å²) in [6, 6.07) is 13.1. The zero-order valence-corrected chi connectivity index (χ0v) is 11.1. The number of hydrogen-bond acceptors (Lipinski definition) is 2. The van der Waals surface area contributed by atoms with Crippen LogP contribution in [0.15, 0.2) is 59.2 Å². The summed E-state index contributed by atoms with van der Waals surface area (Å²) in [5, 5.41) is 2.68. The fourth-order valence-electron chi connectivity index (χ4n) is 1.35. The monoisotopic (exact) mass is 302 g/mol. The number of halogens is 1. The van der Waals surface area contributed by atoms with E-state index in [1.807, 2.05) is 30.3 Å². The molecular weight excluding hydrogens is 292 g/mol. The first-order valence-electron chi connectivity index (χ1n) is 5.40. The first-order valence-corrected chi connectivity index (χ1v) is 6.19. The highest BCUT2D eigenvalue weighted by molar-refractivity contribution is 9.10. The summed E-state index contributed by atoms with van der Waals surface area (Å²) >= 11 is 3.36. The van der Waals surface area contributed by atoms with Crippen molar-refractivity contribution in [1.29, 1.82) is 0 Å². The first-order chi connectivity index (χ1) is 8.74. The van der Waals surface area contributed by atoms with Gasteiger partial charge in [0.1, 0.15) is 5.82 Å². The number of amides is 1. The maximum atomic E-state index is 11.6. The lowest BCUT2D eigenvalue weighted by molar-refractivity contribution is -0.111. The normalized spacial score (nSPS) is 10.5. The molecule has 0 spiro atoms. The molecule has 0 aliphatic rings. The molecule has 4 heteroatoms. The van der Waals surface area contributed by atoms with E-state index in [0.29, 0.717) is 5.82 Å². The minimum atomic E-state index is -0.198. The van der Waals surface area contributed by atoms with E-state index in [1.165, 1.54) is 6.08 Å². The zero-order valence-electron chi connectivity index (χ0n) is 9.51. The Balaban J connectivity index is 1.97. The van der Waals surface area contributed by atoms with Crippen LogP contribution in [0.5, 0.6) is 0 Å². The lowest BCUT2D eigenvalue weighted by Crippen LogP contribution is -2.08. The third-order valence-electron chi connectivity index (χ3n) is 2.21. The molecule has 18 heavy (non-hydrogen) atoms. The molecule has 1 N–H and O–H groups in total. The Kier molecular flexibility index (Phi) is 4.25. The van der Waals surface area contributed by atoms with Crippen molar-refractivity contribution in [2.75, 3.05) is 5.32 Å². The summed E-state index contributed by atoms with van der Waals surface area (Å²) in [7, 11) is 0. The van der Waals surface area contributed by atoms with Gasteiger partial charge in [0.05, 0.1) is 0 Å². The number of pyridine rings is 1. The summed E-state index contributed by atoms with van der Waals surface area (Å²) in [5.41, 5.74) is 0.967. The van der Waals surface area contributed by atoms with E-state index in [-0.39, 0.29) is 5.91 Å². The van der Waals surface area contributed by atoms with Crippen molar-refractivity contribution < 1.29 is 4.79 Å². The van der Waals surface area contributed by atoms with E-state index in [9.17, 15) is 4.79 Å². The van der Waals surface area contributed by atoms with Crippen molar-refractivity contribution in [3.05, 3.63) is 64.8 Å². The molecule has 0 radical (unpaired) electrons. The topological polar surface area (TPSA) is 42.0 Å². The molecule has 0 saturated heterocycles. The molecule has 1 heterocycles. The molecular formula is C14H11BrN2O. The van der Waals surface area contributed by atoms with E-state index >= 15 is 0 Å². The number of carbonyl (C=O) groups is 1. The number of rotatable bonds is 3. The molecule has 0 saturated carbocycles. The Hall–Kier alpha value is -1.94. The summed E-state index contributed by atoms with van der Waals surface area (Å²) in [5.74, 6) is 0.347. The van der Waals surface area contributed by atoms with Crippen LogP contribution in [0.4, 0.5) is 5.82 Å². The third kappa shape index (κ3) is 3.82. The zero-order chi connectivity index (χ0) is 12.8. The van der Waals surface area contributed by atoms with E-state index in [1.54, 1.807) is 24.4 Å². The van der Waals surface area contributed by atoms with Gasteiger partial charge in [0.15, 0.2) is 0 Å². The minimum absolute atomic E-state index is 0.198. The van der Waals surface area contributed by atoms with Crippen LogP contribution in [0.3, 0.4) is 0 Å². The van der Waals surface area contributed by atoms with Crippen molar-refractivity contribution in [2.45, 2.75) is 0 Å². The average molecular weight is 303 g/mol. The second-order valence-electron chi connectivity index (χ2n) is 3.59. The summed E-state index contributed by atoms with van der Waals surface area (Å²) < 4.78 is 1.01. The summed E-state index contributed by atoms with van der Waals surface area (Å²) in [6.07, 6.45) is 4.87. The summed E-state index contributed by atoms with van der Waals surface area (Å²) in [4.78, 5) is 15.6. The predicted molar refractivity (Wildman–Crippen MR) is 76.0 cm³/mol. The largest absolute Gasteiger partial charge is 0.307 e. The van der Waals surface area contributed by atoms with Gasteiger partial charge < -0.3 is 5.32 Å². The number of anilines is 1. The number of carbonyl (C=O) groups excluding carboxylic acids is 1.